The molecule has 2 heterocycles. The fourth-order valence-corrected chi connectivity index (χ4v) is 2.79. The van der Waals surface area contributed by atoms with E-state index in [1.165, 1.54) is 0 Å². The van der Waals surface area contributed by atoms with E-state index in [0.717, 1.165) is 22.3 Å². The van der Waals surface area contributed by atoms with Crippen molar-refractivity contribution in [2.24, 2.45) is 0 Å². The fraction of sp³-hybridized carbons (Fsp3) is 0.188. The molecule has 0 unspecified atom stereocenters. The van der Waals surface area contributed by atoms with E-state index in [9.17, 15) is 0 Å². The summed E-state index contributed by atoms with van der Waals surface area (Å²) in [4.78, 5) is 4.35. The van der Waals surface area contributed by atoms with Crippen molar-refractivity contribution in [1.82, 2.24) is 9.55 Å². The van der Waals surface area contributed by atoms with E-state index in [-0.39, 0.29) is 0 Å². The van der Waals surface area contributed by atoms with E-state index in [0.29, 0.717) is 22.3 Å². The van der Waals surface area contributed by atoms with Gasteiger partial charge in [0.25, 0.3) is 0 Å². The minimum atomic E-state index is 0.617. The van der Waals surface area contributed by atoms with Crippen LogP contribution < -0.4 is 4.74 Å². The monoisotopic (exact) mass is 320 g/mol. The number of rotatable bonds is 3. The number of hydrogen-bond donors (Lipinski definition) is 0. The average Bonchev–Trinajstić information content (AvgIpc) is 2.75. The Morgan fingerprint density at radius 1 is 1.19 bits per heavy atom. The summed E-state index contributed by atoms with van der Waals surface area (Å²) in [5, 5.41) is 2.35. The second-order valence-electron chi connectivity index (χ2n) is 4.89. The van der Waals surface area contributed by atoms with Gasteiger partial charge in [-0.1, -0.05) is 23.2 Å². The first-order valence-corrected chi connectivity index (χ1v) is 7.28. The number of aromatic nitrogens is 2. The lowest BCUT2D eigenvalue weighted by Crippen LogP contribution is -2.03. The normalized spacial score (nSPS) is 11.0. The molecule has 108 valence electrons. The van der Waals surface area contributed by atoms with Gasteiger partial charge < -0.3 is 9.30 Å². The second-order valence-corrected chi connectivity index (χ2v) is 5.73. The highest BCUT2D eigenvalue weighted by molar-refractivity contribution is 6.32. The number of ether oxygens (including phenoxy) is 1. The van der Waals surface area contributed by atoms with Crippen molar-refractivity contribution >= 4 is 34.1 Å². The topological polar surface area (TPSA) is 27.1 Å². The Morgan fingerprint density at radius 2 is 2.00 bits per heavy atom. The zero-order valence-electron chi connectivity index (χ0n) is 11.7. The highest BCUT2D eigenvalue weighted by Gasteiger charge is 2.11. The number of fused-ring (bicyclic) bond motifs is 1. The third-order valence-electron chi connectivity index (χ3n) is 3.49. The largest absolute Gasteiger partial charge is 0.495 e. The van der Waals surface area contributed by atoms with Crippen LogP contribution in [0.15, 0.2) is 36.5 Å². The molecule has 0 aliphatic rings. The predicted molar refractivity (Wildman–Crippen MR) is 86.6 cm³/mol. The SMILES string of the molecule is COc1cc2c(cc1Cl)cc(C)n2Cc1ccc(Cl)cn1. The Hall–Kier alpha value is -1.71. The first kappa shape index (κ1) is 14.2. The molecule has 3 aromatic rings. The Morgan fingerprint density at radius 3 is 2.67 bits per heavy atom. The van der Waals surface area contributed by atoms with E-state index in [1.807, 2.05) is 24.3 Å². The second kappa shape index (κ2) is 5.58. The van der Waals surface area contributed by atoms with Gasteiger partial charge in [0.2, 0.25) is 0 Å². The Kier molecular flexibility index (Phi) is 3.79. The molecule has 0 bridgehead atoms. The number of halogens is 2. The molecular formula is C16H14Cl2N2O. The third-order valence-corrected chi connectivity index (χ3v) is 4.01. The molecule has 0 fully saturated rings. The van der Waals surface area contributed by atoms with Crippen molar-refractivity contribution in [2.45, 2.75) is 13.5 Å². The van der Waals surface area contributed by atoms with Crippen LogP contribution >= 0.6 is 23.2 Å². The molecule has 21 heavy (non-hydrogen) atoms. The van der Waals surface area contributed by atoms with E-state index in [4.69, 9.17) is 27.9 Å². The summed E-state index contributed by atoms with van der Waals surface area (Å²) in [6.45, 7) is 2.74. The molecule has 1 aromatic carbocycles. The van der Waals surface area contributed by atoms with E-state index in [1.54, 1.807) is 13.3 Å². The number of hydrogen-bond acceptors (Lipinski definition) is 2. The van der Waals surface area contributed by atoms with Gasteiger partial charge in [-0.3, -0.25) is 4.98 Å². The fourth-order valence-electron chi connectivity index (χ4n) is 2.43. The lowest BCUT2D eigenvalue weighted by Gasteiger charge is -2.09. The van der Waals surface area contributed by atoms with Gasteiger partial charge in [-0.2, -0.15) is 0 Å². The van der Waals surface area contributed by atoms with Crippen LogP contribution in [0.4, 0.5) is 0 Å². The summed E-state index contributed by atoms with van der Waals surface area (Å²) >= 11 is 12.1. The number of methoxy groups -OCH3 is 1. The van der Waals surface area contributed by atoms with Crippen LogP contribution in [0.1, 0.15) is 11.4 Å². The lowest BCUT2D eigenvalue weighted by atomic mass is 10.2. The van der Waals surface area contributed by atoms with Gasteiger partial charge in [-0.25, -0.2) is 0 Å². The molecule has 0 atom stereocenters. The van der Waals surface area contributed by atoms with Crippen LogP contribution in [-0.4, -0.2) is 16.7 Å². The van der Waals surface area contributed by atoms with Crippen molar-refractivity contribution in [3.63, 3.8) is 0 Å². The number of pyridine rings is 1. The smallest absolute Gasteiger partial charge is 0.139 e. The number of aryl methyl sites for hydroxylation is 1. The van der Waals surface area contributed by atoms with Crippen LogP contribution in [0.2, 0.25) is 10.0 Å². The zero-order valence-corrected chi connectivity index (χ0v) is 13.2. The minimum absolute atomic E-state index is 0.617. The first-order valence-electron chi connectivity index (χ1n) is 6.52. The van der Waals surface area contributed by atoms with Gasteiger partial charge in [-0.15, -0.1) is 0 Å². The molecule has 0 aliphatic carbocycles. The van der Waals surface area contributed by atoms with Crippen molar-refractivity contribution in [2.75, 3.05) is 7.11 Å². The molecule has 0 aliphatic heterocycles. The van der Waals surface area contributed by atoms with Gasteiger partial charge in [0.15, 0.2) is 0 Å². The molecule has 0 saturated carbocycles. The predicted octanol–water partition coefficient (Wildman–Crippen LogP) is 4.71. The van der Waals surface area contributed by atoms with Crippen LogP contribution in [0.25, 0.3) is 10.9 Å². The number of nitrogens with zero attached hydrogens (tertiary/aromatic N) is 2. The quantitative estimate of drug-likeness (QED) is 0.698. The maximum absolute atomic E-state index is 6.18. The molecule has 0 saturated heterocycles. The lowest BCUT2D eigenvalue weighted by molar-refractivity contribution is 0.415. The molecule has 2 aromatic heterocycles. The third kappa shape index (κ3) is 2.71. The highest BCUT2D eigenvalue weighted by atomic mass is 35.5. The summed E-state index contributed by atoms with van der Waals surface area (Å²) in [5.74, 6) is 0.674. The Labute approximate surface area is 133 Å². The molecule has 0 spiro atoms. The van der Waals surface area contributed by atoms with Gasteiger partial charge in [-0.05, 0) is 31.2 Å². The first-order chi connectivity index (χ1) is 10.1. The highest BCUT2D eigenvalue weighted by Crippen LogP contribution is 2.32. The van der Waals surface area contributed by atoms with Crippen LogP contribution in [0.3, 0.4) is 0 Å². The molecule has 3 nitrogen and oxygen atoms in total. The van der Waals surface area contributed by atoms with Crippen LogP contribution in [-0.2, 0) is 6.54 Å². The standard InChI is InChI=1S/C16H14Cl2N2O/c1-10-5-11-6-14(18)16(21-2)7-15(11)20(10)9-13-4-3-12(17)8-19-13/h3-8H,9H2,1-2H3. The summed E-state index contributed by atoms with van der Waals surface area (Å²) in [6.07, 6.45) is 1.66. The summed E-state index contributed by atoms with van der Waals surface area (Å²) in [7, 11) is 1.62. The van der Waals surface area contributed by atoms with Crippen molar-refractivity contribution < 1.29 is 4.74 Å². The molecule has 3 rings (SSSR count). The van der Waals surface area contributed by atoms with E-state index in [2.05, 4.69) is 22.5 Å². The van der Waals surface area contributed by atoms with Crippen molar-refractivity contribution in [3.8, 4) is 5.75 Å². The Bertz CT molecular complexity index is 794. The summed E-state index contributed by atoms with van der Waals surface area (Å²) in [5.41, 5.74) is 3.17. The molecule has 0 amide bonds. The molecule has 0 N–H and O–H groups in total. The maximum atomic E-state index is 6.18. The van der Waals surface area contributed by atoms with E-state index >= 15 is 0 Å². The van der Waals surface area contributed by atoms with Crippen LogP contribution in [0.5, 0.6) is 5.75 Å². The van der Waals surface area contributed by atoms with Gasteiger partial charge in [0.05, 0.1) is 34.9 Å². The minimum Gasteiger partial charge on any atom is -0.495 e. The van der Waals surface area contributed by atoms with Crippen LogP contribution in [0, 0.1) is 6.92 Å². The van der Waals surface area contributed by atoms with Gasteiger partial charge in [0, 0.05) is 23.3 Å². The number of benzene rings is 1. The average molecular weight is 321 g/mol. The Balaban J connectivity index is 2.08. The van der Waals surface area contributed by atoms with Gasteiger partial charge >= 0.3 is 0 Å². The van der Waals surface area contributed by atoms with Gasteiger partial charge in [0.1, 0.15) is 5.75 Å². The molecule has 5 heteroatoms. The molecular weight excluding hydrogens is 307 g/mol. The summed E-state index contributed by atoms with van der Waals surface area (Å²) in [6, 6.07) is 9.77. The molecule has 0 radical (unpaired) electrons. The summed E-state index contributed by atoms with van der Waals surface area (Å²) < 4.78 is 7.49. The van der Waals surface area contributed by atoms with E-state index < -0.39 is 0 Å². The maximum Gasteiger partial charge on any atom is 0.139 e. The van der Waals surface area contributed by atoms with Crippen molar-refractivity contribution in [3.05, 3.63) is 58.0 Å². The zero-order chi connectivity index (χ0) is 15.0. The van der Waals surface area contributed by atoms with Crippen molar-refractivity contribution in [1.29, 1.82) is 0 Å².